The van der Waals surface area contributed by atoms with Gasteiger partial charge in [-0.15, -0.1) is 0 Å². The Kier molecular flexibility index (Phi) is 4.24. The molecule has 0 saturated heterocycles. The second-order valence-electron chi connectivity index (χ2n) is 4.14. The molecular formula is C11H20N2. The minimum absolute atomic E-state index is 0.0168. The number of rotatable bonds is 3. The van der Waals surface area contributed by atoms with E-state index in [0.29, 0.717) is 6.04 Å². The van der Waals surface area contributed by atoms with Crippen molar-refractivity contribution in [2.75, 3.05) is 0 Å². The van der Waals surface area contributed by atoms with Crippen LogP contribution in [-0.4, -0.2) is 12.1 Å². The van der Waals surface area contributed by atoms with Crippen LogP contribution in [0.25, 0.3) is 0 Å². The second-order valence-corrected chi connectivity index (χ2v) is 4.14. The minimum atomic E-state index is 0.0168. The van der Waals surface area contributed by atoms with Crippen LogP contribution in [0.4, 0.5) is 0 Å². The minimum Gasteiger partial charge on any atom is -0.299 e. The van der Waals surface area contributed by atoms with Crippen molar-refractivity contribution in [2.24, 2.45) is 5.92 Å². The lowest BCUT2D eigenvalue weighted by Gasteiger charge is -2.29. The van der Waals surface area contributed by atoms with Crippen molar-refractivity contribution < 1.29 is 0 Å². The van der Waals surface area contributed by atoms with E-state index in [4.69, 9.17) is 5.26 Å². The van der Waals surface area contributed by atoms with Crippen LogP contribution in [0.2, 0.25) is 0 Å². The zero-order valence-electron chi connectivity index (χ0n) is 8.71. The van der Waals surface area contributed by atoms with Crippen LogP contribution in [0.1, 0.15) is 46.0 Å². The number of nitriles is 1. The summed E-state index contributed by atoms with van der Waals surface area (Å²) < 4.78 is 0. The number of nitrogens with one attached hydrogen (secondary N) is 1. The predicted octanol–water partition coefficient (Wildman–Crippen LogP) is 2.46. The third kappa shape index (κ3) is 3.36. The average Bonchev–Trinajstić information content (AvgIpc) is 2.19. The van der Waals surface area contributed by atoms with Gasteiger partial charge in [0, 0.05) is 6.04 Å². The molecule has 0 aromatic rings. The van der Waals surface area contributed by atoms with Gasteiger partial charge in [-0.3, -0.25) is 5.32 Å². The van der Waals surface area contributed by atoms with E-state index in [0.717, 1.165) is 5.92 Å². The average molecular weight is 180 g/mol. The van der Waals surface area contributed by atoms with Gasteiger partial charge in [0.15, 0.2) is 0 Å². The highest BCUT2D eigenvalue weighted by Crippen LogP contribution is 2.26. The summed E-state index contributed by atoms with van der Waals surface area (Å²) in [7, 11) is 0. The highest BCUT2D eigenvalue weighted by Gasteiger charge is 2.20. The maximum atomic E-state index is 8.65. The highest BCUT2D eigenvalue weighted by molar-refractivity contribution is 4.89. The molecule has 1 fully saturated rings. The van der Waals surface area contributed by atoms with Gasteiger partial charge in [-0.25, -0.2) is 0 Å². The van der Waals surface area contributed by atoms with E-state index in [1.807, 2.05) is 6.92 Å². The zero-order valence-corrected chi connectivity index (χ0v) is 8.71. The SMILES string of the molecule is CCC1CCC(NC(C)C#N)CC1. The van der Waals surface area contributed by atoms with Crippen LogP contribution in [-0.2, 0) is 0 Å². The summed E-state index contributed by atoms with van der Waals surface area (Å²) in [5.41, 5.74) is 0. The molecule has 1 saturated carbocycles. The van der Waals surface area contributed by atoms with E-state index < -0.39 is 0 Å². The Morgan fingerprint density at radius 2 is 2.00 bits per heavy atom. The fraction of sp³-hybridized carbons (Fsp3) is 0.909. The molecule has 1 rings (SSSR count). The summed E-state index contributed by atoms with van der Waals surface area (Å²) in [6, 6.07) is 2.84. The Bertz CT molecular complexity index is 175. The molecule has 1 aliphatic carbocycles. The van der Waals surface area contributed by atoms with Crippen LogP contribution in [0, 0.1) is 17.2 Å². The summed E-state index contributed by atoms with van der Waals surface area (Å²) in [6.45, 7) is 4.21. The van der Waals surface area contributed by atoms with Gasteiger partial charge in [0.05, 0.1) is 12.1 Å². The molecule has 0 bridgehead atoms. The molecule has 0 amide bonds. The molecule has 13 heavy (non-hydrogen) atoms. The Labute approximate surface area is 81.3 Å². The quantitative estimate of drug-likeness (QED) is 0.724. The second kappa shape index (κ2) is 5.24. The molecule has 74 valence electrons. The summed E-state index contributed by atoms with van der Waals surface area (Å²) in [4.78, 5) is 0. The van der Waals surface area contributed by atoms with Crippen LogP contribution >= 0.6 is 0 Å². The Balaban J connectivity index is 2.22. The van der Waals surface area contributed by atoms with Gasteiger partial charge in [-0.1, -0.05) is 13.3 Å². The summed E-state index contributed by atoms with van der Waals surface area (Å²) >= 11 is 0. The van der Waals surface area contributed by atoms with E-state index >= 15 is 0 Å². The number of hydrogen-bond donors (Lipinski definition) is 1. The topological polar surface area (TPSA) is 35.8 Å². The Hall–Kier alpha value is -0.550. The lowest BCUT2D eigenvalue weighted by Crippen LogP contribution is -2.38. The van der Waals surface area contributed by atoms with Crippen LogP contribution in [0.3, 0.4) is 0 Å². The molecule has 2 heteroatoms. The van der Waals surface area contributed by atoms with E-state index in [2.05, 4.69) is 18.3 Å². The number of nitrogens with zero attached hydrogens (tertiary/aromatic N) is 1. The predicted molar refractivity (Wildman–Crippen MR) is 54.2 cm³/mol. The van der Waals surface area contributed by atoms with Crippen molar-refractivity contribution in [3.05, 3.63) is 0 Å². The van der Waals surface area contributed by atoms with Gasteiger partial charge >= 0.3 is 0 Å². The van der Waals surface area contributed by atoms with E-state index in [1.165, 1.54) is 32.1 Å². The maximum absolute atomic E-state index is 8.65. The summed E-state index contributed by atoms with van der Waals surface area (Å²) in [5, 5.41) is 12.0. The molecule has 1 N–H and O–H groups in total. The lowest BCUT2D eigenvalue weighted by atomic mass is 9.84. The highest BCUT2D eigenvalue weighted by atomic mass is 14.9. The van der Waals surface area contributed by atoms with Gasteiger partial charge < -0.3 is 0 Å². The smallest absolute Gasteiger partial charge is 0.0926 e. The fourth-order valence-corrected chi connectivity index (χ4v) is 2.13. The van der Waals surface area contributed by atoms with E-state index in [-0.39, 0.29) is 6.04 Å². The van der Waals surface area contributed by atoms with Crippen molar-refractivity contribution in [1.29, 1.82) is 5.26 Å². The first-order chi connectivity index (χ1) is 6.26. The van der Waals surface area contributed by atoms with E-state index in [1.54, 1.807) is 0 Å². The van der Waals surface area contributed by atoms with Gasteiger partial charge in [0.1, 0.15) is 0 Å². The molecular weight excluding hydrogens is 160 g/mol. The molecule has 1 aliphatic rings. The van der Waals surface area contributed by atoms with Crippen molar-refractivity contribution in [3.8, 4) is 6.07 Å². The normalized spacial score (nSPS) is 30.8. The van der Waals surface area contributed by atoms with Gasteiger partial charge in [-0.2, -0.15) is 5.26 Å². The first-order valence-corrected chi connectivity index (χ1v) is 5.42. The van der Waals surface area contributed by atoms with Crippen molar-refractivity contribution >= 4 is 0 Å². The van der Waals surface area contributed by atoms with E-state index in [9.17, 15) is 0 Å². The molecule has 0 aromatic carbocycles. The van der Waals surface area contributed by atoms with Crippen LogP contribution in [0.5, 0.6) is 0 Å². The Morgan fingerprint density at radius 1 is 1.38 bits per heavy atom. The maximum Gasteiger partial charge on any atom is 0.0926 e. The molecule has 1 unspecified atom stereocenters. The molecule has 2 nitrogen and oxygen atoms in total. The number of hydrogen-bond acceptors (Lipinski definition) is 2. The van der Waals surface area contributed by atoms with Gasteiger partial charge in [-0.05, 0) is 38.5 Å². The van der Waals surface area contributed by atoms with Crippen molar-refractivity contribution in [1.82, 2.24) is 5.32 Å². The monoisotopic (exact) mass is 180 g/mol. The summed E-state index contributed by atoms with van der Waals surface area (Å²) in [6.07, 6.45) is 6.51. The van der Waals surface area contributed by atoms with Gasteiger partial charge in [0.2, 0.25) is 0 Å². The third-order valence-electron chi connectivity index (χ3n) is 3.10. The lowest BCUT2D eigenvalue weighted by molar-refractivity contribution is 0.281. The summed E-state index contributed by atoms with van der Waals surface area (Å²) in [5.74, 6) is 0.940. The zero-order chi connectivity index (χ0) is 9.68. The third-order valence-corrected chi connectivity index (χ3v) is 3.10. The largest absolute Gasteiger partial charge is 0.299 e. The van der Waals surface area contributed by atoms with Gasteiger partial charge in [0.25, 0.3) is 0 Å². The van der Waals surface area contributed by atoms with Crippen LogP contribution in [0.15, 0.2) is 0 Å². The van der Waals surface area contributed by atoms with Crippen LogP contribution < -0.4 is 5.32 Å². The molecule has 0 radical (unpaired) electrons. The van der Waals surface area contributed by atoms with Crippen molar-refractivity contribution in [3.63, 3.8) is 0 Å². The molecule has 1 atom stereocenters. The fourth-order valence-electron chi connectivity index (χ4n) is 2.13. The Morgan fingerprint density at radius 3 is 2.46 bits per heavy atom. The molecule has 0 spiro atoms. The first kappa shape index (κ1) is 10.5. The first-order valence-electron chi connectivity index (χ1n) is 5.42. The van der Waals surface area contributed by atoms with Crippen molar-refractivity contribution in [2.45, 2.75) is 58.0 Å². The molecule has 0 aliphatic heterocycles. The molecule has 0 heterocycles. The molecule has 0 aromatic heterocycles. The standard InChI is InChI=1S/C11H20N2/c1-3-10-4-6-11(7-5-10)13-9(2)8-12/h9-11,13H,3-7H2,1-2H3.